The van der Waals surface area contributed by atoms with Crippen LogP contribution in [0.2, 0.25) is 10.0 Å². The molecule has 2 aromatic rings. The Kier molecular flexibility index (Phi) is 5.30. The zero-order chi connectivity index (χ0) is 17.3. The molecule has 2 aromatic carbocycles. The Morgan fingerprint density at radius 3 is 2.79 bits per heavy atom. The van der Waals surface area contributed by atoms with Gasteiger partial charge >= 0.3 is 0 Å². The van der Waals surface area contributed by atoms with E-state index in [-0.39, 0.29) is 5.92 Å². The zero-order valence-corrected chi connectivity index (χ0v) is 15.9. The van der Waals surface area contributed by atoms with E-state index >= 15 is 0 Å². The van der Waals surface area contributed by atoms with E-state index in [4.69, 9.17) is 35.4 Å². The normalized spacial score (nSPS) is 17.2. The number of nitrogens with one attached hydrogen (secondary N) is 2. The summed E-state index contributed by atoms with van der Waals surface area (Å²) in [6.45, 7) is 1.76. The van der Waals surface area contributed by atoms with Crippen molar-refractivity contribution in [1.82, 2.24) is 10.2 Å². The minimum atomic E-state index is 0.222. The lowest BCUT2D eigenvalue weighted by Gasteiger charge is -2.33. The highest BCUT2D eigenvalue weighted by Gasteiger charge is 2.27. The van der Waals surface area contributed by atoms with Crippen molar-refractivity contribution in [2.45, 2.75) is 12.5 Å². The standard InChI is InChI=1S/C18H19Cl2N3S/c1-21-18(24)22-13-5-3-4-11(6-13)15-9-23(2)10-16-14(15)7-12(19)8-17(16)20/h3-8,15H,9-10H2,1-2H3,(H2,21,22,24). The molecule has 1 aliphatic rings. The molecule has 126 valence electrons. The number of anilines is 1. The zero-order valence-electron chi connectivity index (χ0n) is 13.6. The third kappa shape index (κ3) is 3.67. The van der Waals surface area contributed by atoms with Gasteiger partial charge < -0.3 is 15.5 Å². The number of hydrogen-bond donors (Lipinski definition) is 2. The molecule has 3 rings (SSSR count). The van der Waals surface area contributed by atoms with Gasteiger partial charge in [-0.2, -0.15) is 0 Å². The minimum absolute atomic E-state index is 0.222. The van der Waals surface area contributed by atoms with Gasteiger partial charge in [-0.05, 0) is 60.2 Å². The molecule has 6 heteroatoms. The highest BCUT2D eigenvalue weighted by molar-refractivity contribution is 7.80. The summed E-state index contributed by atoms with van der Waals surface area (Å²) in [6, 6.07) is 12.2. The van der Waals surface area contributed by atoms with E-state index in [0.29, 0.717) is 10.1 Å². The van der Waals surface area contributed by atoms with Gasteiger partial charge in [0.1, 0.15) is 0 Å². The maximum absolute atomic E-state index is 6.44. The maximum atomic E-state index is 6.44. The molecule has 1 aliphatic heterocycles. The molecular weight excluding hydrogens is 361 g/mol. The number of nitrogens with zero attached hydrogens (tertiary/aromatic N) is 1. The summed E-state index contributed by atoms with van der Waals surface area (Å²) in [6.07, 6.45) is 0. The third-order valence-corrected chi connectivity index (χ3v) is 5.13. The Morgan fingerprint density at radius 2 is 2.04 bits per heavy atom. The van der Waals surface area contributed by atoms with E-state index in [1.807, 2.05) is 24.3 Å². The fraction of sp³-hybridized carbons (Fsp3) is 0.278. The highest BCUT2D eigenvalue weighted by Crippen LogP contribution is 2.38. The number of thiocarbonyl (C=S) groups is 1. The number of benzene rings is 2. The summed E-state index contributed by atoms with van der Waals surface area (Å²) in [5, 5.41) is 8.12. The Hall–Kier alpha value is -1.33. The van der Waals surface area contributed by atoms with Crippen molar-refractivity contribution < 1.29 is 0 Å². The molecule has 0 saturated carbocycles. The smallest absolute Gasteiger partial charge is 0.170 e. The Balaban J connectivity index is 2.01. The van der Waals surface area contributed by atoms with Crippen molar-refractivity contribution in [3.8, 4) is 0 Å². The number of rotatable bonds is 2. The van der Waals surface area contributed by atoms with Crippen molar-refractivity contribution >= 4 is 46.2 Å². The van der Waals surface area contributed by atoms with E-state index in [1.54, 1.807) is 7.05 Å². The molecule has 2 N–H and O–H groups in total. The van der Waals surface area contributed by atoms with Crippen LogP contribution in [0.3, 0.4) is 0 Å². The Bertz CT molecular complexity index is 779. The van der Waals surface area contributed by atoms with Crippen molar-refractivity contribution in [1.29, 1.82) is 0 Å². The lowest BCUT2D eigenvalue weighted by molar-refractivity contribution is 0.295. The molecule has 0 saturated heterocycles. The van der Waals surface area contributed by atoms with Crippen LogP contribution >= 0.6 is 35.4 Å². The average molecular weight is 380 g/mol. The molecule has 1 unspecified atom stereocenters. The molecule has 0 spiro atoms. The Labute approximate surface area is 157 Å². The van der Waals surface area contributed by atoms with E-state index in [1.165, 1.54) is 11.1 Å². The van der Waals surface area contributed by atoms with Gasteiger partial charge in [0, 0.05) is 41.8 Å². The monoisotopic (exact) mass is 379 g/mol. The number of hydrogen-bond acceptors (Lipinski definition) is 2. The van der Waals surface area contributed by atoms with Gasteiger partial charge in [0.2, 0.25) is 0 Å². The van der Waals surface area contributed by atoms with Gasteiger partial charge in [0.15, 0.2) is 5.11 Å². The van der Waals surface area contributed by atoms with Gasteiger partial charge in [0.25, 0.3) is 0 Å². The second kappa shape index (κ2) is 7.28. The SMILES string of the molecule is CNC(=S)Nc1cccc(C2CN(C)Cc3c(Cl)cc(Cl)cc32)c1. The summed E-state index contributed by atoms with van der Waals surface area (Å²) in [7, 11) is 3.91. The van der Waals surface area contributed by atoms with E-state index in [2.05, 4.69) is 34.7 Å². The lowest BCUT2D eigenvalue weighted by Crippen LogP contribution is -2.31. The van der Waals surface area contributed by atoms with Crippen LogP contribution in [0.4, 0.5) is 5.69 Å². The van der Waals surface area contributed by atoms with Gasteiger partial charge in [-0.3, -0.25) is 0 Å². The minimum Gasteiger partial charge on any atom is -0.366 e. The average Bonchev–Trinajstić information content (AvgIpc) is 2.55. The van der Waals surface area contributed by atoms with Crippen LogP contribution < -0.4 is 10.6 Å². The molecule has 0 fully saturated rings. The van der Waals surface area contributed by atoms with Crippen LogP contribution in [0, 0.1) is 0 Å². The van der Waals surface area contributed by atoms with Crippen LogP contribution in [-0.2, 0) is 6.54 Å². The predicted octanol–water partition coefficient (Wildman–Crippen LogP) is 4.49. The second-order valence-corrected chi connectivity index (χ2v) is 7.29. The first-order chi connectivity index (χ1) is 11.5. The number of likely N-dealkylation sites (N-methyl/N-ethyl adjacent to an activating group) is 1. The molecule has 0 amide bonds. The fourth-order valence-electron chi connectivity index (χ4n) is 3.16. The summed E-state index contributed by atoms with van der Waals surface area (Å²) in [5.74, 6) is 0.222. The van der Waals surface area contributed by atoms with Crippen molar-refractivity contribution in [3.05, 3.63) is 63.1 Å². The molecule has 0 aromatic heterocycles. The largest absolute Gasteiger partial charge is 0.366 e. The molecule has 0 aliphatic carbocycles. The van der Waals surface area contributed by atoms with Crippen LogP contribution in [0.15, 0.2) is 36.4 Å². The van der Waals surface area contributed by atoms with Gasteiger partial charge in [0.05, 0.1) is 0 Å². The fourth-order valence-corrected chi connectivity index (χ4v) is 3.84. The first-order valence-electron chi connectivity index (χ1n) is 7.73. The van der Waals surface area contributed by atoms with E-state index in [0.717, 1.165) is 29.4 Å². The summed E-state index contributed by atoms with van der Waals surface area (Å²) < 4.78 is 0. The molecule has 0 radical (unpaired) electrons. The van der Waals surface area contributed by atoms with Crippen LogP contribution in [0.5, 0.6) is 0 Å². The predicted molar refractivity (Wildman–Crippen MR) is 106 cm³/mol. The Morgan fingerprint density at radius 1 is 1.25 bits per heavy atom. The van der Waals surface area contributed by atoms with Crippen molar-refractivity contribution in [3.63, 3.8) is 0 Å². The van der Waals surface area contributed by atoms with Gasteiger partial charge in [-0.25, -0.2) is 0 Å². The summed E-state index contributed by atoms with van der Waals surface area (Å²) >= 11 is 17.9. The number of fused-ring (bicyclic) bond motifs is 1. The van der Waals surface area contributed by atoms with Crippen LogP contribution in [0.25, 0.3) is 0 Å². The molecule has 3 nitrogen and oxygen atoms in total. The van der Waals surface area contributed by atoms with Gasteiger partial charge in [-0.15, -0.1) is 0 Å². The molecule has 24 heavy (non-hydrogen) atoms. The molecule has 1 atom stereocenters. The van der Waals surface area contributed by atoms with E-state index < -0.39 is 0 Å². The van der Waals surface area contributed by atoms with E-state index in [9.17, 15) is 0 Å². The number of halogens is 2. The molecule has 0 bridgehead atoms. The summed E-state index contributed by atoms with van der Waals surface area (Å²) in [4.78, 5) is 2.28. The quantitative estimate of drug-likeness (QED) is 0.751. The topological polar surface area (TPSA) is 27.3 Å². The van der Waals surface area contributed by atoms with Crippen molar-refractivity contribution in [2.75, 3.05) is 26.0 Å². The van der Waals surface area contributed by atoms with Crippen LogP contribution in [0.1, 0.15) is 22.6 Å². The second-order valence-electron chi connectivity index (χ2n) is 6.03. The van der Waals surface area contributed by atoms with Gasteiger partial charge in [-0.1, -0.05) is 35.3 Å². The van der Waals surface area contributed by atoms with Crippen molar-refractivity contribution in [2.24, 2.45) is 0 Å². The molecule has 1 heterocycles. The maximum Gasteiger partial charge on any atom is 0.170 e. The third-order valence-electron chi connectivity index (χ3n) is 4.27. The van der Waals surface area contributed by atoms with Crippen LogP contribution in [-0.4, -0.2) is 30.7 Å². The lowest BCUT2D eigenvalue weighted by atomic mass is 9.84. The first-order valence-corrected chi connectivity index (χ1v) is 8.89. The highest BCUT2D eigenvalue weighted by atomic mass is 35.5. The summed E-state index contributed by atoms with van der Waals surface area (Å²) in [5.41, 5.74) is 4.54. The first kappa shape index (κ1) is 17.5. The molecular formula is C18H19Cl2N3S.